The molecule has 0 radical (unpaired) electrons. The Labute approximate surface area is 275 Å². The summed E-state index contributed by atoms with van der Waals surface area (Å²) in [5, 5.41) is 82.9. The van der Waals surface area contributed by atoms with E-state index >= 15 is 0 Å². The molecule has 2 aliphatic rings. The molecule has 18 heteroatoms. The van der Waals surface area contributed by atoms with E-state index in [1.54, 1.807) is 0 Å². The first-order valence-electron chi connectivity index (χ1n) is 14.8. The molecule has 2 aromatic carbocycles. The van der Waals surface area contributed by atoms with Gasteiger partial charge in [-0.25, -0.2) is 0 Å². The van der Waals surface area contributed by atoms with Gasteiger partial charge in [0.05, 0.1) is 0 Å². The predicted molar refractivity (Wildman–Crippen MR) is 159 cm³/mol. The average Bonchev–Trinajstić information content (AvgIpc) is 3.05. The van der Waals surface area contributed by atoms with E-state index in [9.17, 15) is 55.2 Å². The van der Waals surface area contributed by atoms with Gasteiger partial charge in [0.1, 0.15) is 78.6 Å². The molecule has 10 unspecified atom stereocenters. The fourth-order valence-electron chi connectivity index (χ4n) is 5.27. The van der Waals surface area contributed by atoms with Crippen LogP contribution >= 0.6 is 0 Å². The lowest BCUT2D eigenvalue weighted by Crippen LogP contribution is -2.65. The van der Waals surface area contributed by atoms with Crippen molar-refractivity contribution in [2.45, 2.75) is 75.3 Å². The Morgan fingerprint density at radius 3 is 1.90 bits per heavy atom. The zero-order chi connectivity index (χ0) is 35.7. The van der Waals surface area contributed by atoms with Crippen molar-refractivity contribution in [1.82, 2.24) is 0 Å². The van der Waals surface area contributed by atoms with Gasteiger partial charge in [0, 0.05) is 31.5 Å². The van der Waals surface area contributed by atoms with Gasteiger partial charge >= 0.3 is 11.9 Å². The van der Waals surface area contributed by atoms with Crippen molar-refractivity contribution < 1.29 is 83.3 Å². The number of phenols is 3. The molecule has 2 saturated heterocycles. The first-order chi connectivity index (χ1) is 23.2. The third-order valence-electron chi connectivity index (χ3n) is 7.83. The number of hydrogen-bond acceptors (Lipinski definition) is 18. The van der Waals surface area contributed by atoms with Crippen LogP contribution in [-0.2, 0) is 33.3 Å². The summed E-state index contributed by atoms with van der Waals surface area (Å²) in [4.78, 5) is 35.4. The minimum Gasteiger partial charge on any atom is -0.507 e. The quantitative estimate of drug-likeness (QED) is 0.0735. The molecule has 0 saturated carbocycles. The minimum atomic E-state index is -1.90. The largest absolute Gasteiger partial charge is 0.507 e. The molecule has 10 atom stereocenters. The summed E-state index contributed by atoms with van der Waals surface area (Å²) in [6.45, 7) is 1.19. The van der Waals surface area contributed by atoms with Gasteiger partial charge < -0.3 is 73.7 Å². The molecule has 0 amide bonds. The molecule has 8 N–H and O–H groups in total. The van der Waals surface area contributed by atoms with Gasteiger partial charge in [-0.3, -0.25) is 14.4 Å². The van der Waals surface area contributed by atoms with Crippen molar-refractivity contribution >= 4 is 22.9 Å². The van der Waals surface area contributed by atoms with Crippen LogP contribution in [0.2, 0.25) is 0 Å². The van der Waals surface area contributed by atoms with Crippen LogP contribution in [0.4, 0.5) is 0 Å². The maximum absolute atomic E-state index is 12.7. The molecular formula is C31H34O18. The van der Waals surface area contributed by atoms with E-state index in [1.807, 2.05) is 0 Å². The lowest BCUT2D eigenvalue weighted by atomic mass is 9.97. The summed E-state index contributed by atoms with van der Waals surface area (Å²) in [6, 6.07) is 7.44. The van der Waals surface area contributed by atoms with Crippen molar-refractivity contribution in [1.29, 1.82) is 0 Å². The van der Waals surface area contributed by atoms with E-state index in [0.717, 1.165) is 26.0 Å². The summed E-state index contributed by atoms with van der Waals surface area (Å²) in [7, 11) is 0. The van der Waals surface area contributed by atoms with Crippen molar-refractivity contribution in [3.63, 3.8) is 0 Å². The van der Waals surface area contributed by atoms with Gasteiger partial charge in [-0.1, -0.05) is 0 Å². The number of aromatic hydroxyl groups is 3. The number of carbonyl (C=O) groups excluding carboxylic acids is 2. The fourth-order valence-corrected chi connectivity index (χ4v) is 5.27. The first kappa shape index (κ1) is 35.8. The molecule has 3 heterocycles. The molecule has 49 heavy (non-hydrogen) atoms. The number of aliphatic hydroxyl groups is 5. The second-order valence-electron chi connectivity index (χ2n) is 11.3. The number of benzene rings is 2. The van der Waals surface area contributed by atoms with Crippen LogP contribution < -0.4 is 10.2 Å². The Morgan fingerprint density at radius 2 is 1.31 bits per heavy atom. The fraction of sp³-hybridized carbons (Fsp3) is 0.452. The Morgan fingerprint density at radius 1 is 0.735 bits per heavy atom. The molecule has 2 fully saturated rings. The van der Waals surface area contributed by atoms with Crippen LogP contribution in [-0.4, -0.2) is 127 Å². The number of fused-ring (bicyclic) bond motifs is 1. The van der Waals surface area contributed by atoms with Gasteiger partial charge in [-0.2, -0.15) is 0 Å². The molecule has 1 aromatic heterocycles. The van der Waals surface area contributed by atoms with E-state index < -0.39 is 115 Å². The Bertz CT molecular complexity index is 1720. The topological polar surface area (TPSA) is 282 Å². The molecule has 0 aliphatic carbocycles. The summed E-state index contributed by atoms with van der Waals surface area (Å²) in [5.41, 5.74) is -0.896. The average molecular weight is 695 g/mol. The number of rotatable bonds is 9. The molecule has 2 aliphatic heterocycles. The van der Waals surface area contributed by atoms with Gasteiger partial charge in [0.15, 0.2) is 29.2 Å². The van der Waals surface area contributed by atoms with Crippen LogP contribution in [0, 0.1) is 0 Å². The van der Waals surface area contributed by atoms with Crippen LogP contribution in [0.15, 0.2) is 45.6 Å². The Balaban J connectivity index is 1.41. The third-order valence-corrected chi connectivity index (χ3v) is 7.83. The van der Waals surface area contributed by atoms with Crippen molar-refractivity contribution in [2.75, 3.05) is 13.2 Å². The molecule has 0 bridgehead atoms. The van der Waals surface area contributed by atoms with Gasteiger partial charge in [-0.15, -0.1) is 0 Å². The predicted octanol–water partition coefficient (Wildman–Crippen LogP) is -1.28. The highest BCUT2D eigenvalue weighted by molar-refractivity contribution is 5.91. The van der Waals surface area contributed by atoms with Gasteiger partial charge in [0.25, 0.3) is 0 Å². The number of carbonyl (C=O) groups is 2. The zero-order valence-corrected chi connectivity index (χ0v) is 25.8. The van der Waals surface area contributed by atoms with Crippen molar-refractivity contribution in [3.8, 4) is 34.3 Å². The Hall–Kier alpha value is -4.53. The second-order valence-corrected chi connectivity index (χ2v) is 11.3. The number of aliphatic hydroxyl groups excluding tert-OH is 5. The third kappa shape index (κ3) is 7.56. The molecule has 0 spiro atoms. The summed E-state index contributed by atoms with van der Waals surface area (Å²) >= 11 is 0. The highest BCUT2D eigenvalue weighted by Crippen LogP contribution is 2.40. The van der Waals surface area contributed by atoms with Crippen LogP contribution in [0.5, 0.6) is 23.0 Å². The normalized spacial score (nSPS) is 30.1. The van der Waals surface area contributed by atoms with Crippen LogP contribution in [0.25, 0.3) is 22.3 Å². The van der Waals surface area contributed by atoms with Gasteiger partial charge in [0.2, 0.25) is 12.0 Å². The minimum absolute atomic E-state index is 0.0479. The lowest BCUT2D eigenvalue weighted by molar-refractivity contribution is -0.358. The van der Waals surface area contributed by atoms with Crippen LogP contribution in [0.3, 0.4) is 0 Å². The van der Waals surface area contributed by atoms with Crippen LogP contribution in [0.1, 0.15) is 13.8 Å². The smallest absolute Gasteiger partial charge is 0.302 e. The standard InChI is InChI=1S/C31H34O18/c1-11(32)43-9-19-23(38)25(40)27(42)30(47-19)49-29-26(41)24(39)20(10-44-12(2)33)48-31(29)45-14-5-3-13(4-6-14)18-8-16(35)21-15(34)7-17(36)22(37)28(21)46-18/h3-8,19-20,23-27,29-31,34,36-42H,9-10H2,1-2H3. The highest BCUT2D eigenvalue weighted by atomic mass is 16.8. The molecule has 266 valence electrons. The monoisotopic (exact) mass is 694 g/mol. The maximum Gasteiger partial charge on any atom is 0.302 e. The van der Waals surface area contributed by atoms with Crippen molar-refractivity contribution in [3.05, 3.63) is 46.6 Å². The molecule has 5 rings (SSSR count). The SMILES string of the molecule is CC(=O)OCC1OC(OC2C(Oc3ccc(-c4cc(=O)c5c(O)cc(O)c(O)c5o4)cc3)OC(COC(C)=O)C(O)C2O)C(O)C(O)C1O. The molecule has 18 nitrogen and oxygen atoms in total. The van der Waals surface area contributed by atoms with Gasteiger partial charge in [-0.05, 0) is 24.3 Å². The lowest BCUT2D eigenvalue weighted by Gasteiger charge is -2.46. The molecular weight excluding hydrogens is 660 g/mol. The second kappa shape index (κ2) is 14.5. The number of esters is 2. The van der Waals surface area contributed by atoms with E-state index in [1.165, 1.54) is 24.3 Å². The number of hydrogen-bond donors (Lipinski definition) is 8. The summed E-state index contributed by atoms with van der Waals surface area (Å²) in [5.74, 6) is -3.52. The van der Waals surface area contributed by atoms with E-state index in [-0.39, 0.29) is 22.5 Å². The number of ether oxygens (including phenoxy) is 6. The van der Waals surface area contributed by atoms with E-state index in [2.05, 4.69) is 0 Å². The first-order valence-corrected chi connectivity index (χ1v) is 14.8. The van der Waals surface area contributed by atoms with Crippen molar-refractivity contribution in [2.24, 2.45) is 0 Å². The Kier molecular flexibility index (Phi) is 10.6. The van der Waals surface area contributed by atoms with E-state index in [0.29, 0.717) is 0 Å². The van der Waals surface area contributed by atoms with E-state index in [4.69, 9.17) is 32.8 Å². The molecule has 3 aromatic rings. The number of phenolic OH excluding ortho intramolecular Hbond substituents is 3. The zero-order valence-electron chi connectivity index (χ0n) is 25.8. The highest BCUT2D eigenvalue weighted by Gasteiger charge is 2.52. The summed E-state index contributed by atoms with van der Waals surface area (Å²) in [6.07, 6.45) is -16.8. The summed E-state index contributed by atoms with van der Waals surface area (Å²) < 4.78 is 38.4. The maximum atomic E-state index is 12.7.